The van der Waals surface area contributed by atoms with E-state index in [1.165, 1.54) is 0 Å². The van der Waals surface area contributed by atoms with Crippen molar-refractivity contribution in [3.8, 4) is 0 Å². The van der Waals surface area contributed by atoms with E-state index in [1.54, 1.807) is 11.0 Å². The molecule has 3 atom stereocenters. The van der Waals surface area contributed by atoms with Crippen LogP contribution in [0.3, 0.4) is 0 Å². The molecule has 2 aliphatic rings. The normalized spacial score (nSPS) is 28.2. The van der Waals surface area contributed by atoms with Gasteiger partial charge in [0.1, 0.15) is 6.04 Å². The first kappa shape index (κ1) is 15.3. The van der Waals surface area contributed by atoms with Crippen LogP contribution in [-0.4, -0.2) is 30.4 Å². The van der Waals surface area contributed by atoms with Gasteiger partial charge in [-0.05, 0) is 37.8 Å². The summed E-state index contributed by atoms with van der Waals surface area (Å²) in [6.45, 7) is 0.567. The van der Waals surface area contributed by atoms with Crippen LogP contribution in [-0.2, 0) is 9.59 Å². The van der Waals surface area contributed by atoms with Crippen LogP contribution >= 0.6 is 11.6 Å². The van der Waals surface area contributed by atoms with Crippen molar-refractivity contribution in [1.29, 1.82) is 0 Å². The summed E-state index contributed by atoms with van der Waals surface area (Å²) in [6, 6.07) is 6.90. The van der Waals surface area contributed by atoms with E-state index in [-0.39, 0.29) is 23.8 Å². The lowest BCUT2D eigenvalue weighted by Crippen LogP contribution is -2.43. The number of benzene rings is 1. The maximum atomic E-state index is 12.5. The molecule has 0 aromatic heterocycles. The van der Waals surface area contributed by atoms with Crippen molar-refractivity contribution in [2.75, 3.05) is 11.4 Å². The highest BCUT2D eigenvalue weighted by Gasteiger charge is 2.36. The largest absolute Gasteiger partial charge is 0.344 e. The van der Waals surface area contributed by atoms with Crippen molar-refractivity contribution in [3.05, 3.63) is 29.3 Å². The topological polar surface area (TPSA) is 75.4 Å². The number of nitrogens with zero attached hydrogens (tertiary/aromatic N) is 1. The Kier molecular flexibility index (Phi) is 4.36. The highest BCUT2D eigenvalue weighted by atomic mass is 35.5. The average Bonchev–Trinajstić information content (AvgIpc) is 3.07. The summed E-state index contributed by atoms with van der Waals surface area (Å²) in [7, 11) is 0. The van der Waals surface area contributed by atoms with E-state index in [0.29, 0.717) is 30.1 Å². The molecular formula is C16H20ClN3O2. The molecule has 2 fully saturated rings. The molecule has 118 valence electrons. The summed E-state index contributed by atoms with van der Waals surface area (Å²) in [5, 5.41) is 3.43. The molecule has 22 heavy (non-hydrogen) atoms. The molecule has 0 bridgehead atoms. The number of amides is 2. The van der Waals surface area contributed by atoms with Gasteiger partial charge in [0.05, 0.1) is 10.7 Å². The molecular weight excluding hydrogens is 302 g/mol. The number of nitrogens with two attached hydrogens (primary N) is 1. The summed E-state index contributed by atoms with van der Waals surface area (Å²) in [4.78, 5) is 26.4. The van der Waals surface area contributed by atoms with Crippen LogP contribution in [0.15, 0.2) is 24.3 Å². The number of hydrogen-bond acceptors (Lipinski definition) is 3. The number of nitrogens with one attached hydrogen (secondary N) is 1. The second-order valence-electron chi connectivity index (χ2n) is 6.06. The Balaban J connectivity index is 1.64. The highest BCUT2D eigenvalue weighted by Crippen LogP contribution is 2.29. The molecule has 5 nitrogen and oxygen atoms in total. The lowest BCUT2D eigenvalue weighted by Gasteiger charge is -2.19. The fraction of sp³-hybridized carbons (Fsp3) is 0.500. The van der Waals surface area contributed by atoms with Crippen molar-refractivity contribution in [3.63, 3.8) is 0 Å². The van der Waals surface area contributed by atoms with E-state index < -0.39 is 6.04 Å². The smallest absolute Gasteiger partial charge is 0.249 e. The summed E-state index contributed by atoms with van der Waals surface area (Å²) in [5.41, 5.74) is 6.55. The molecule has 1 saturated carbocycles. The molecule has 1 aliphatic carbocycles. The predicted octanol–water partition coefficient (Wildman–Crippen LogP) is 1.69. The molecule has 0 unspecified atom stereocenters. The Morgan fingerprint density at radius 2 is 2.05 bits per heavy atom. The molecule has 1 saturated heterocycles. The Morgan fingerprint density at radius 3 is 2.73 bits per heavy atom. The first-order valence-corrected chi connectivity index (χ1v) is 8.06. The lowest BCUT2D eigenvalue weighted by atomic mass is 10.1. The van der Waals surface area contributed by atoms with Crippen LogP contribution in [0.5, 0.6) is 0 Å². The van der Waals surface area contributed by atoms with Gasteiger partial charge in [-0.2, -0.15) is 0 Å². The summed E-state index contributed by atoms with van der Waals surface area (Å²) >= 11 is 6.15. The number of rotatable bonds is 3. The summed E-state index contributed by atoms with van der Waals surface area (Å²) < 4.78 is 0. The number of para-hydroxylation sites is 1. The molecule has 1 heterocycles. The minimum Gasteiger partial charge on any atom is -0.344 e. The van der Waals surface area contributed by atoms with Gasteiger partial charge in [0.2, 0.25) is 11.8 Å². The van der Waals surface area contributed by atoms with E-state index >= 15 is 0 Å². The van der Waals surface area contributed by atoms with Crippen LogP contribution in [0.2, 0.25) is 5.02 Å². The van der Waals surface area contributed by atoms with E-state index in [0.717, 1.165) is 12.8 Å². The molecule has 3 rings (SSSR count). The number of carbonyl (C=O) groups is 2. The van der Waals surface area contributed by atoms with Gasteiger partial charge in [0, 0.05) is 18.5 Å². The van der Waals surface area contributed by atoms with Crippen LogP contribution in [0, 0.1) is 5.92 Å². The van der Waals surface area contributed by atoms with Crippen molar-refractivity contribution in [1.82, 2.24) is 5.32 Å². The van der Waals surface area contributed by atoms with Crippen molar-refractivity contribution >= 4 is 29.1 Å². The average molecular weight is 322 g/mol. The summed E-state index contributed by atoms with van der Waals surface area (Å²) in [6.07, 6.45) is 3.00. The fourth-order valence-corrected chi connectivity index (χ4v) is 3.51. The van der Waals surface area contributed by atoms with E-state index in [4.69, 9.17) is 17.3 Å². The number of anilines is 1. The molecule has 2 amide bonds. The zero-order valence-corrected chi connectivity index (χ0v) is 13.1. The van der Waals surface area contributed by atoms with Gasteiger partial charge >= 0.3 is 0 Å². The summed E-state index contributed by atoms with van der Waals surface area (Å²) in [5.74, 6) is -0.201. The van der Waals surface area contributed by atoms with Crippen LogP contribution in [0.4, 0.5) is 5.69 Å². The Labute approximate surface area is 134 Å². The molecule has 6 heteroatoms. The molecule has 0 radical (unpaired) electrons. The van der Waals surface area contributed by atoms with Gasteiger partial charge in [-0.15, -0.1) is 0 Å². The minimum absolute atomic E-state index is 0.0488. The highest BCUT2D eigenvalue weighted by molar-refractivity contribution is 6.34. The molecule has 1 aliphatic heterocycles. The second-order valence-corrected chi connectivity index (χ2v) is 6.47. The van der Waals surface area contributed by atoms with Gasteiger partial charge in [-0.25, -0.2) is 0 Å². The molecule has 0 spiro atoms. The van der Waals surface area contributed by atoms with E-state index in [9.17, 15) is 9.59 Å². The third kappa shape index (κ3) is 2.96. The zero-order valence-electron chi connectivity index (χ0n) is 12.3. The standard InChI is InChI=1S/C16H20ClN3O2/c17-12-3-1-2-4-14(12)20-8-7-13(16(20)22)19-15(21)10-5-6-11(18)9-10/h1-4,10-11,13H,5-9,18H2,(H,19,21)/t10-,11-,13+/m1/s1. The second kappa shape index (κ2) is 6.26. The number of hydrogen-bond donors (Lipinski definition) is 2. The SMILES string of the molecule is N[C@@H]1CC[C@@H](C(=O)N[C@H]2CCN(c3ccccc3Cl)C2=O)C1. The predicted molar refractivity (Wildman–Crippen MR) is 85.7 cm³/mol. The number of halogens is 1. The monoisotopic (exact) mass is 321 g/mol. The maximum Gasteiger partial charge on any atom is 0.249 e. The quantitative estimate of drug-likeness (QED) is 0.889. The first-order valence-electron chi connectivity index (χ1n) is 7.68. The van der Waals surface area contributed by atoms with Gasteiger partial charge < -0.3 is 16.0 Å². The molecule has 1 aromatic carbocycles. The zero-order chi connectivity index (χ0) is 15.7. The molecule has 3 N–H and O–H groups in total. The van der Waals surface area contributed by atoms with Gasteiger partial charge in [-0.3, -0.25) is 9.59 Å². The van der Waals surface area contributed by atoms with E-state index in [2.05, 4.69) is 5.32 Å². The van der Waals surface area contributed by atoms with Crippen molar-refractivity contribution in [2.24, 2.45) is 11.7 Å². The Morgan fingerprint density at radius 1 is 1.27 bits per heavy atom. The van der Waals surface area contributed by atoms with Crippen LogP contribution in [0.25, 0.3) is 0 Å². The third-order valence-electron chi connectivity index (χ3n) is 4.51. The van der Waals surface area contributed by atoms with Crippen molar-refractivity contribution < 1.29 is 9.59 Å². The van der Waals surface area contributed by atoms with Gasteiger partial charge in [0.15, 0.2) is 0 Å². The van der Waals surface area contributed by atoms with Gasteiger partial charge in [-0.1, -0.05) is 23.7 Å². The van der Waals surface area contributed by atoms with Crippen molar-refractivity contribution in [2.45, 2.75) is 37.8 Å². The fourth-order valence-electron chi connectivity index (χ4n) is 3.27. The third-order valence-corrected chi connectivity index (χ3v) is 4.83. The van der Waals surface area contributed by atoms with Gasteiger partial charge in [0.25, 0.3) is 0 Å². The molecule has 1 aromatic rings. The first-order chi connectivity index (χ1) is 10.6. The van der Waals surface area contributed by atoms with Crippen LogP contribution in [0.1, 0.15) is 25.7 Å². The van der Waals surface area contributed by atoms with Crippen LogP contribution < -0.4 is 16.0 Å². The minimum atomic E-state index is -0.458. The Bertz CT molecular complexity index is 593. The van der Waals surface area contributed by atoms with E-state index in [1.807, 2.05) is 18.2 Å². The number of carbonyl (C=O) groups excluding carboxylic acids is 2. The maximum absolute atomic E-state index is 12.5. The Hall–Kier alpha value is -1.59. The lowest BCUT2D eigenvalue weighted by molar-refractivity contribution is -0.129.